The van der Waals surface area contributed by atoms with Gasteiger partial charge in [-0.05, 0) is 49.9 Å². The SMILES string of the molecule is Cc1ccc(CCN(CC2CCCO2)C(=O)c2cccc(N)c2)cc1.Cl. The average molecular weight is 375 g/mol. The van der Waals surface area contributed by atoms with Crippen molar-refractivity contribution in [3.63, 3.8) is 0 Å². The number of hydrogen-bond donors (Lipinski definition) is 1. The van der Waals surface area contributed by atoms with E-state index in [0.29, 0.717) is 24.3 Å². The van der Waals surface area contributed by atoms with Crippen LogP contribution in [-0.2, 0) is 11.2 Å². The standard InChI is InChI=1S/C21H26N2O2.ClH/c1-16-7-9-17(10-8-16)11-12-23(15-20-6-3-13-25-20)21(24)18-4-2-5-19(22)14-18;/h2,4-5,7-10,14,20H,3,6,11-13,15,22H2,1H3;1H. The third kappa shape index (κ3) is 5.48. The van der Waals surface area contributed by atoms with Crippen LogP contribution in [0.15, 0.2) is 48.5 Å². The van der Waals surface area contributed by atoms with Gasteiger partial charge in [0.1, 0.15) is 0 Å². The summed E-state index contributed by atoms with van der Waals surface area (Å²) in [6, 6.07) is 15.7. The third-order valence-electron chi connectivity index (χ3n) is 4.66. The molecule has 140 valence electrons. The second-order valence-corrected chi connectivity index (χ2v) is 6.75. The van der Waals surface area contributed by atoms with E-state index >= 15 is 0 Å². The fraction of sp³-hybridized carbons (Fsp3) is 0.381. The highest BCUT2D eigenvalue weighted by atomic mass is 35.5. The van der Waals surface area contributed by atoms with Crippen LogP contribution < -0.4 is 5.73 Å². The van der Waals surface area contributed by atoms with Crippen molar-refractivity contribution in [3.05, 3.63) is 65.2 Å². The molecule has 1 saturated heterocycles. The maximum Gasteiger partial charge on any atom is 0.254 e. The smallest absolute Gasteiger partial charge is 0.254 e. The second-order valence-electron chi connectivity index (χ2n) is 6.75. The topological polar surface area (TPSA) is 55.6 Å². The zero-order chi connectivity index (χ0) is 17.6. The number of carbonyl (C=O) groups is 1. The van der Waals surface area contributed by atoms with E-state index in [9.17, 15) is 4.79 Å². The summed E-state index contributed by atoms with van der Waals surface area (Å²) in [4.78, 5) is 14.9. The molecule has 0 aliphatic carbocycles. The van der Waals surface area contributed by atoms with Crippen molar-refractivity contribution < 1.29 is 9.53 Å². The van der Waals surface area contributed by atoms with Crippen LogP contribution in [0.25, 0.3) is 0 Å². The van der Waals surface area contributed by atoms with E-state index in [1.165, 1.54) is 11.1 Å². The molecule has 1 atom stereocenters. The van der Waals surface area contributed by atoms with Gasteiger partial charge in [-0.3, -0.25) is 4.79 Å². The zero-order valence-electron chi connectivity index (χ0n) is 15.2. The van der Waals surface area contributed by atoms with Crippen LogP contribution in [-0.4, -0.2) is 36.6 Å². The van der Waals surface area contributed by atoms with Gasteiger partial charge in [0, 0.05) is 30.9 Å². The molecule has 26 heavy (non-hydrogen) atoms. The lowest BCUT2D eigenvalue weighted by Gasteiger charge is -2.26. The van der Waals surface area contributed by atoms with Gasteiger partial charge >= 0.3 is 0 Å². The van der Waals surface area contributed by atoms with E-state index in [0.717, 1.165) is 25.9 Å². The number of amides is 1. The Morgan fingerprint density at radius 2 is 2.00 bits per heavy atom. The van der Waals surface area contributed by atoms with Crippen molar-refractivity contribution >= 4 is 24.0 Å². The van der Waals surface area contributed by atoms with Gasteiger partial charge in [0.05, 0.1) is 6.10 Å². The molecule has 1 aliphatic heterocycles. The first kappa shape index (κ1) is 20.3. The number of anilines is 1. The largest absolute Gasteiger partial charge is 0.399 e. The van der Waals surface area contributed by atoms with Crippen LogP contribution in [0.4, 0.5) is 5.69 Å². The van der Waals surface area contributed by atoms with Gasteiger partial charge in [0.15, 0.2) is 0 Å². The predicted molar refractivity (Wildman–Crippen MR) is 108 cm³/mol. The monoisotopic (exact) mass is 374 g/mol. The van der Waals surface area contributed by atoms with Crippen molar-refractivity contribution in [1.29, 1.82) is 0 Å². The Morgan fingerprint density at radius 1 is 1.23 bits per heavy atom. The molecule has 0 saturated carbocycles. The molecule has 1 fully saturated rings. The molecule has 2 aromatic rings. The number of hydrogen-bond acceptors (Lipinski definition) is 3. The number of rotatable bonds is 6. The van der Waals surface area contributed by atoms with E-state index in [-0.39, 0.29) is 24.4 Å². The summed E-state index contributed by atoms with van der Waals surface area (Å²) in [5.74, 6) is 0.0231. The van der Waals surface area contributed by atoms with Crippen LogP contribution >= 0.6 is 12.4 Å². The summed E-state index contributed by atoms with van der Waals surface area (Å²) >= 11 is 0. The highest BCUT2D eigenvalue weighted by Crippen LogP contribution is 2.17. The van der Waals surface area contributed by atoms with E-state index < -0.39 is 0 Å². The van der Waals surface area contributed by atoms with Gasteiger partial charge in [-0.2, -0.15) is 0 Å². The van der Waals surface area contributed by atoms with Gasteiger partial charge in [0.2, 0.25) is 0 Å². The predicted octanol–water partition coefficient (Wildman–Crippen LogP) is 3.86. The highest BCUT2D eigenvalue weighted by molar-refractivity contribution is 5.95. The lowest BCUT2D eigenvalue weighted by atomic mass is 10.1. The molecule has 0 bridgehead atoms. The Balaban J connectivity index is 0.00000243. The maximum absolute atomic E-state index is 13.0. The molecule has 0 spiro atoms. The molecular weight excluding hydrogens is 348 g/mol. The summed E-state index contributed by atoms with van der Waals surface area (Å²) in [6.07, 6.45) is 3.07. The molecule has 2 aromatic carbocycles. The number of nitrogens with zero attached hydrogens (tertiary/aromatic N) is 1. The molecule has 1 heterocycles. The van der Waals surface area contributed by atoms with Crippen LogP contribution in [0, 0.1) is 6.92 Å². The lowest BCUT2D eigenvalue weighted by Crippen LogP contribution is -2.38. The van der Waals surface area contributed by atoms with Gasteiger partial charge in [0.25, 0.3) is 5.91 Å². The molecule has 4 nitrogen and oxygen atoms in total. The lowest BCUT2D eigenvalue weighted by molar-refractivity contribution is 0.0529. The molecule has 5 heteroatoms. The minimum absolute atomic E-state index is 0. The number of nitrogens with two attached hydrogens (primary N) is 1. The average Bonchev–Trinajstić information content (AvgIpc) is 3.12. The number of halogens is 1. The molecular formula is C21H27ClN2O2. The Kier molecular flexibility index (Phi) is 7.49. The number of aryl methyl sites for hydroxylation is 1. The number of ether oxygens (including phenoxy) is 1. The maximum atomic E-state index is 13.0. The summed E-state index contributed by atoms with van der Waals surface area (Å²) in [5.41, 5.74) is 9.58. The first-order chi connectivity index (χ1) is 12.1. The van der Waals surface area contributed by atoms with Crippen molar-refractivity contribution in [2.45, 2.75) is 32.3 Å². The summed E-state index contributed by atoms with van der Waals surface area (Å²) in [5, 5.41) is 0. The second kappa shape index (κ2) is 9.60. The van der Waals surface area contributed by atoms with Crippen LogP contribution in [0.2, 0.25) is 0 Å². The molecule has 0 aromatic heterocycles. The van der Waals surface area contributed by atoms with Gasteiger partial charge < -0.3 is 15.4 Å². The van der Waals surface area contributed by atoms with Gasteiger partial charge in [-0.1, -0.05) is 35.9 Å². The van der Waals surface area contributed by atoms with E-state index in [1.807, 2.05) is 17.0 Å². The van der Waals surface area contributed by atoms with Crippen molar-refractivity contribution in [2.75, 3.05) is 25.4 Å². The van der Waals surface area contributed by atoms with E-state index in [4.69, 9.17) is 10.5 Å². The van der Waals surface area contributed by atoms with E-state index in [2.05, 4.69) is 31.2 Å². The summed E-state index contributed by atoms with van der Waals surface area (Å²) < 4.78 is 5.74. The van der Waals surface area contributed by atoms with Crippen LogP contribution in [0.3, 0.4) is 0 Å². The summed E-state index contributed by atoms with van der Waals surface area (Å²) in [7, 11) is 0. The number of nitrogen functional groups attached to an aromatic ring is 1. The van der Waals surface area contributed by atoms with Gasteiger partial charge in [-0.15, -0.1) is 12.4 Å². The van der Waals surface area contributed by atoms with Gasteiger partial charge in [-0.25, -0.2) is 0 Å². The fourth-order valence-corrected chi connectivity index (χ4v) is 3.18. The van der Waals surface area contributed by atoms with Crippen molar-refractivity contribution in [3.8, 4) is 0 Å². The Morgan fingerprint density at radius 3 is 2.65 bits per heavy atom. The third-order valence-corrected chi connectivity index (χ3v) is 4.66. The van der Waals surface area contributed by atoms with E-state index in [1.54, 1.807) is 12.1 Å². The first-order valence-electron chi connectivity index (χ1n) is 8.94. The number of benzene rings is 2. The normalized spacial score (nSPS) is 16.1. The zero-order valence-corrected chi connectivity index (χ0v) is 16.0. The molecule has 1 amide bonds. The molecule has 0 radical (unpaired) electrons. The van der Waals surface area contributed by atoms with Crippen molar-refractivity contribution in [1.82, 2.24) is 4.90 Å². The van der Waals surface area contributed by atoms with Crippen LogP contribution in [0.1, 0.15) is 34.3 Å². The minimum atomic E-state index is 0. The minimum Gasteiger partial charge on any atom is -0.399 e. The quantitative estimate of drug-likeness (QED) is 0.781. The molecule has 1 unspecified atom stereocenters. The summed E-state index contributed by atoms with van der Waals surface area (Å²) in [6.45, 7) is 4.19. The Bertz CT molecular complexity index is 712. The Hall–Kier alpha value is -2.04. The first-order valence-corrected chi connectivity index (χ1v) is 8.94. The fourth-order valence-electron chi connectivity index (χ4n) is 3.18. The molecule has 1 aliphatic rings. The number of carbonyl (C=O) groups excluding carboxylic acids is 1. The Labute approximate surface area is 161 Å². The molecule has 3 rings (SSSR count). The molecule has 2 N–H and O–H groups in total. The van der Waals surface area contributed by atoms with Crippen molar-refractivity contribution in [2.24, 2.45) is 0 Å². The van der Waals surface area contributed by atoms with Crippen LogP contribution in [0.5, 0.6) is 0 Å². The highest BCUT2D eigenvalue weighted by Gasteiger charge is 2.23.